The smallest absolute Gasteiger partial charge is 0.419 e. The molecule has 8 nitrogen and oxygen atoms in total. The highest BCUT2D eigenvalue weighted by atomic mass is 19.4. The van der Waals surface area contributed by atoms with Gasteiger partial charge in [-0.15, -0.1) is 0 Å². The summed E-state index contributed by atoms with van der Waals surface area (Å²) in [7, 11) is 1.75. The lowest BCUT2D eigenvalue weighted by Gasteiger charge is -2.35. The number of alkyl halides is 3. The highest BCUT2D eigenvalue weighted by Crippen LogP contribution is 2.39. The van der Waals surface area contributed by atoms with Crippen LogP contribution in [0.5, 0.6) is 5.75 Å². The van der Waals surface area contributed by atoms with Gasteiger partial charge in [0.15, 0.2) is 5.69 Å². The van der Waals surface area contributed by atoms with Gasteiger partial charge in [0, 0.05) is 51.5 Å². The first-order chi connectivity index (χ1) is 18.3. The van der Waals surface area contributed by atoms with Gasteiger partial charge in [0.1, 0.15) is 23.2 Å². The highest BCUT2D eigenvalue weighted by molar-refractivity contribution is 5.84. The standard InChI is InChI=1S/C27H26F3N7O/c1-35-18-33-26-22(17-31)34-21(16-23(26)35)19-6-7-24(20(15-19)27(28,29)30)38-14-4-9-36-10-12-37(13-11-36)25-5-2-3-8-32-25/h2-3,5-8,15-16,18H,4,9-14H2,1H3. The number of ether oxygens (including phenoxy) is 1. The van der Waals surface area contributed by atoms with Gasteiger partial charge in [-0.25, -0.2) is 15.0 Å². The molecule has 1 fully saturated rings. The minimum atomic E-state index is -4.61. The van der Waals surface area contributed by atoms with Crippen LogP contribution in [0.25, 0.3) is 22.3 Å². The molecule has 38 heavy (non-hydrogen) atoms. The van der Waals surface area contributed by atoms with Gasteiger partial charge in [-0.2, -0.15) is 18.4 Å². The third kappa shape index (κ3) is 5.40. The number of nitriles is 1. The summed E-state index contributed by atoms with van der Waals surface area (Å²) in [5.74, 6) is 0.737. The quantitative estimate of drug-likeness (QED) is 0.331. The van der Waals surface area contributed by atoms with E-state index in [0.29, 0.717) is 17.5 Å². The van der Waals surface area contributed by atoms with Crippen molar-refractivity contribution >= 4 is 16.9 Å². The van der Waals surface area contributed by atoms with Crippen LogP contribution in [0.3, 0.4) is 0 Å². The molecule has 196 valence electrons. The van der Waals surface area contributed by atoms with Gasteiger partial charge in [-0.3, -0.25) is 4.90 Å². The highest BCUT2D eigenvalue weighted by Gasteiger charge is 2.35. The summed E-state index contributed by atoms with van der Waals surface area (Å²) < 4.78 is 49.1. The summed E-state index contributed by atoms with van der Waals surface area (Å²) in [4.78, 5) is 17.3. The molecular weight excluding hydrogens is 495 g/mol. The molecule has 0 radical (unpaired) electrons. The minimum absolute atomic E-state index is 0.0628. The van der Waals surface area contributed by atoms with E-state index in [0.717, 1.165) is 44.6 Å². The van der Waals surface area contributed by atoms with Crippen LogP contribution in [0.15, 0.2) is 55.0 Å². The molecule has 0 N–H and O–H groups in total. The van der Waals surface area contributed by atoms with Crippen molar-refractivity contribution in [2.24, 2.45) is 7.05 Å². The second-order valence-corrected chi connectivity index (χ2v) is 9.12. The molecule has 1 aliphatic heterocycles. The van der Waals surface area contributed by atoms with Gasteiger partial charge in [0.2, 0.25) is 0 Å². The molecule has 0 amide bonds. The molecule has 3 aromatic heterocycles. The van der Waals surface area contributed by atoms with Crippen molar-refractivity contribution in [2.45, 2.75) is 12.6 Å². The molecule has 11 heteroatoms. The van der Waals surface area contributed by atoms with Gasteiger partial charge in [-0.05, 0) is 42.8 Å². The Morgan fingerprint density at radius 1 is 1.05 bits per heavy atom. The van der Waals surface area contributed by atoms with E-state index in [1.807, 2.05) is 24.3 Å². The number of imidazole rings is 1. The van der Waals surface area contributed by atoms with Gasteiger partial charge >= 0.3 is 6.18 Å². The molecule has 1 aromatic carbocycles. The van der Waals surface area contributed by atoms with Crippen LogP contribution >= 0.6 is 0 Å². The molecule has 1 aliphatic rings. The number of fused-ring (bicyclic) bond motifs is 1. The predicted octanol–water partition coefficient (Wildman–Crippen LogP) is 4.51. The molecule has 5 rings (SSSR count). The lowest BCUT2D eigenvalue weighted by molar-refractivity contribution is -0.138. The molecule has 0 bridgehead atoms. The number of anilines is 1. The summed E-state index contributed by atoms with van der Waals surface area (Å²) >= 11 is 0. The Balaban J connectivity index is 1.23. The topological polar surface area (TPSA) is 83.1 Å². The average Bonchev–Trinajstić information content (AvgIpc) is 3.31. The fourth-order valence-corrected chi connectivity index (χ4v) is 4.60. The Hall–Kier alpha value is -4.17. The van der Waals surface area contributed by atoms with Gasteiger partial charge in [0.25, 0.3) is 0 Å². The van der Waals surface area contributed by atoms with Crippen molar-refractivity contribution in [1.29, 1.82) is 5.26 Å². The number of hydrogen-bond donors (Lipinski definition) is 0. The zero-order valence-electron chi connectivity index (χ0n) is 20.8. The van der Waals surface area contributed by atoms with E-state index in [4.69, 9.17) is 4.74 Å². The van der Waals surface area contributed by atoms with Crippen LogP contribution in [0.2, 0.25) is 0 Å². The number of benzene rings is 1. The van der Waals surface area contributed by atoms with Crippen molar-refractivity contribution in [3.63, 3.8) is 0 Å². The first kappa shape index (κ1) is 25.5. The van der Waals surface area contributed by atoms with Crippen molar-refractivity contribution in [1.82, 2.24) is 24.4 Å². The molecule has 1 saturated heterocycles. The van der Waals surface area contributed by atoms with Crippen LogP contribution in [0.4, 0.5) is 19.0 Å². The maximum Gasteiger partial charge on any atom is 0.419 e. The van der Waals surface area contributed by atoms with E-state index in [1.165, 1.54) is 18.5 Å². The Morgan fingerprint density at radius 2 is 1.87 bits per heavy atom. The Bertz CT molecular complexity index is 1460. The maximum absolute atomic E-state index is 13.9. The number of aromatic nitrogens is 4. The molecule has 4 heterocycles. The van der Waals surface area contributed by atoms with Gasteiger partial charge in [0.05, 0.1) is 29.7 Å². The molecular formula is C27H26F3N7O. The van der Waals surface area contributed by atoms with Crippen LogP contribution in [0, 0.1) is 11.3 Å². The zero-order chi connectivity index (χ0) is 26.7. The van der Waals surface area contributed by atoms with E-state index >= 15 is 0 Å². The predicted molar refractivity (Wildman–Crippen MR) is 137 cm³/mol. The summed E-state index contributed by atoms with van der Waals surface area (Å²) in [5, 5.41) is 9.45. The van der Waals surface area contributed by atoms with E-state index in [-0.39, 0.29) is 29.3 Å². The summed E-state index contributed by atoms with van der Waals surface area (Å²) in [5.41, 5.74) is 0.723. The minimum Gasteiger partial charge on any atom is -0.493 e. The van der Waals surface area contributed by atoms with Crippen LogP contribution in [0.1, 0.15) is 17.7 Å². The normalized spacial score (nSPS) is 14.6. The van der Waals surface area contributed by atoms with E-state index in [2.05, 4.69) is 24.8 Å². The Morgan fingerprint density at radius 3 is 2.58 bits per heavy atom. The SMILES string of the molecule is Cn1cnc2c(C#N)nc(-c3ccc(OCCCN4CCN(c5ccccn5)CC4)c(C(F)(F)F)c3)cc21. The summed E-state index contributed by atoms with van der Waals surface area (Å²) in [6.07, 6.45) is -0.690. The van der Waals surface area contributed by atoms with Gasteiger partial charge in [-0.1, -0.05) is 6.07 Å². The second kappa shape index (κ2) is 10.7. The number of piperazine rings is 1. The van der Waals surface area contributed by atoms with Crippen molar-refractivity contribution in [3.05, 3.63) is 66.2 Å². The average molecular weight is 522 g/mol. The van der Waals surface area contributed by atoms with Crippen LogP contribution < -0.4 is 9.64 Å². The number of pyridine rings is 2. The molecule has 0 unspecified atom stereocenters. The summed E-state index contributed by atoms with van der Waals surface area (Å²) in [6.45, 7) is 4.32. The fraction of sp³-hybridized carbons (Fsp3) is 0.333. The van der Waals surface area contributed by atoms with Crippen molar-refractivity contribution in [2.75, 3.05) is 44.2 Å². The molecule has 0 spiro atoms. The van der Waals surface area contributed by atoms with Crippen LogP contribution in [-0.4, -0.2) is 63.7 Å². The Kier molecular flexibility index (Phi) is 7.15. The number of hydrogen-bond acceptors (Lipinski definition) is 7. The van der Waals surface area contributed by atoms with Crippen molar-refractivity contribution in [3.8, 4) is 23.1 Å². The first-order valence-electron chi connectivity index (χ1n) is 12.3. The third-order valence-electron chi connectivity index (χ3n) is 6.62. The van der Waals surface area contributed by atoms with Crippen molar-refractivity contribution < 1.29 is 17.9 Å². The third-order valence-corrected chi connectivity index (χ3v) is 6.62. The lowest BCUT2D eigenvalue weighted by Crippen LogP contribution is -2.47. The monoisotopic (exact) mass is 521 g/mol. The lowest BCUT2D eigenvalue weighted by atomic mass is 10.1. The number of nitrogens with zero attached hydrogens (tertiary/aromatic N) is 7. The first-order valence-corrected chi connectivity index (χ1v) is 12.3. The van der Waals surface area contributed by atoms with E-state index < -0.39 is 11.7 Å². The van der Waals surface area contributed by atoms with E-state index in [9.17, 15) is 18.4 Å². The second-order valence-electron chi connectivity index (χ2n) is 9.12. The molecule has 0 atom stereocenters. The largest absolute Gasteiger partial charge is 0.493 e. The zero-order valence-corrected chi connectivity index (χ0v) is 20.8. The number of halogens is 3. The van der Waals surface area contributed by atoms with Crippen LogP contribution in [-0.2, 0) is 13.2 Å². The van der Waals surface area contributed by atoms with Gasteiger partial charge < -0.3 is 14.2 Å². The summed E-state index contributed by atoms with van der Waals surface area (Å²) in [6, 6.07) is 13.3. The molecule has 0 saturated carbocycles. The maximum atomic E-state index is 13.9. The van der Waals surface area contributed by atoms with E-state index in [1.54, 1.807) is 23.9 Å². The number of rotatable bonds is 7. The molecule has 4 aromatic rings. The fourth-order valence-electron chi connectivity index (χ4n) is 4.60. The number of aryl methyl sites for hydroxylation is 1. The molecule has 0 aliphatic carbocycles. The Labute approximate surface area is 217 Å².